The first kappa shape index (κ1) is 17.5. The number of aromatic nitrogens is 2. The summed E-state index contributed by atoms with van der Waals surface area (Å²) in [5.41, 5.74) is 3.44. The van der Waals surface area contributed by atoms with Gasteiger partial charge in [-0.05, 0) is 25.8 Å². The Labute approximate surface area is 149 Å². The van der Waals surface area contributed by atoms with E-state index in [4.69, 9.17) is 0 Å². The molecule has 6 nitrogen and oxygen atoms in total. The number of hydrogen-bond acceptors (Lipinski definition) is 3. The Balaban J connectivity index is 1.46. The van der Waals surface area contributed by atoms with Gasteiger partial charge in [-0.25, -0.2) is 4.79 Å². The fraction of sp³-hybridized carbons (Fsp3) is 0.474. The topological polar surface area (TPSA) is 62.2 Å². The molecule has 2 amide bonds. The Morgan fingerprint density at radius 2 is 2.12 bits per heavy atom. The average molecular weight is 341 g/mol. The first-order valence-corrected chi connectivity index (χ1v) is 8.84. The van der Waals surface area contributed by atoms with Crippen LogP contribution in [0.1, 0.15) is 36.2 Å². The van der Waals surface area contributed by atoms with Crippen molar-refractivity contribution in [3.05, 3.63) is 53.3 Å². The van der Waals surface area contributed by atoms with Crippen LogP contribution in [0, 0.1) is 6.92 Å². The molecule has 0 radical (unpaired) electrons. The molecule has 2 N–H and O–H groups in total. The zero-order chi connectivity index (χ0) is 17.8. The van der Waals surface area contributed by atoms with Gasteiger partial charge in [-0.15, -0.1) is 0 Å². The molecule has 2 heterocycles. The van der Waals surface area contributed by atoms with E-state index >= 15 is 0 Å². The van der Waals surface area contributed by atoms with Crippen LogP contribution in [-0.2, 0) is 13.6 Å². The van der Waals surface area contributed by atoms with Gasteiger partial charge in [0, 0.05) is 44.0 Å². The van der Waals surface area contributed by atoms with Crippen LogP contribution in [0.4, 0.5) is 4.79 Å². The second-order valence-electron chi connectivity index (χ2n) is 6.85. The molecule has 3 rings (SSSR count). The van der Waals surface area contributed by atoms with Crippen molar-refractivity contribution in [3.63, 3.8) is 0 Å². The molecule has 2 atom stereocenters. The van der Waals surface area contributed by atoms with Crippen molar-refractivity contribution in [2.75, 3.05) is 13.1 Å². The van der Waals surface area contributed by atoms with Gasteiger partial charge in [0.05, 0.1) is 12.2 Å². The van der Waals surface area contributed by atoms with E-state index in [0.29, 0.717) is 0 Å². The number of nitrogens with one attached hydrogen (secondary N) is 2. The van der Waals surface area contributed by atoms with Gasteiger partial charge >= 0.3 is 6.03 Å². The van der Waals surface area contributed by atoms with E-state index in [9.17, 15) is 4.79 Å². The molecular weight excluding hydrogens is 314 g/mol. The zero-order valence-electron chi connectivity index (χ0n) is 15.2. The maximum absolute atomic E-state index is 12.3. The average Bonchev–Trinajstić information content (AvgIpc) is 3.15. The molecule has 0 unspecified atom stereocenters. The second-order valence-corrected chi connectivity index (χ2v) is 6.85. The standard InChI is InChI=1S/C19H27N5O/c1-14(18-11-20-23(3)15(18)2)21-19(25)22-17-9-10-24(13-17)12-16-7-5-4-6-8-16/h4-8,11,14,17H,9-10,12-13H2,1-3H3,(H2,21,22,25)/t14-,17+/m1/s1. The highest BCUT2D eigenvalue weighted by atomic mass is 16.2. The van der Waals surface area contributed by atoms with Crippen LogP contribution < -0.4 is 10.6 Å². The lowest BCUT2D eigenvalue weighted by molar-refractivity contribution is 0.233. The normalized spacial score (nSPS) is 18.9. The first-order chi connectivity index (χ1) is 12.0. The molecular formula is C19H27N5O. The van der Waals surface area contributed by atoms with Gasteiger partial charge in [-0.1, -0.05) is 30.3 Å². The smallest absolute Gasteiger partial charge is 0.315 e. The number of hydrogen-bond donors (Lipinski definition) is 2. The van der Waals surface area contributed by atoms with Crippen molar-refractivity contribution in [2.45, 2.75) is 38.9 Å². The second kappa shape index (κ2) is 7.70. The molecule has 1 aromatic heterocycles. The molecule has 0 aliphatic carbocycles. The molecule has 1 fully saturated rings. The highest BCUT2D eigenvalue weighted by Crippen LogP contribution is 2.16. The molecule has 0 spiro atoms. The van der Waals surface area contributed by atoms with Gasteiger partial charge in [0.25, 0.3) is 0 Å². The number of amides is 2. The maximum atomic E-state index is 12.3. The molecule has 1 saturated heterocycles. The molecule has 6 heteroatoms. The minimum Gasteiger partial charge on any atom is -0.334 e. The van der Waals surface area contributed by atoms with Crippen LogP contribution in [0.3, 0.4) is 0 Å². The Bertz CT molecular complexity index is 712. The SMILES string of the molecule is Cc1c([C@@H](C)NC(=O)N[C@H]2CCN(Cc3ccccc3)C2)cnn1C. The van der Waals surface area contributed by atoms with Crippen molar-refractivity contribution < 1.29 is 4.79 Å². The van der Waals surface area contributed by atoms with Gasteiger partial charge < -0.3 is 10.6 Å². The van der Waals surface area contributed by atoms with Gasteiger partial charge in [-0.2, -0.15) is 5.10 Å². The predicted molar refractivity (Wildman–Crippen MR) is 98.2 cm³/mol. The number of likely N-dealkylation sites (tertiary alicyclic amines) is 1. The number of benzene rings is 1. The summed E-state index contributed by atoms with van der Waals surface area (Å²) < 4.78 is 1.82. The van der Waals surface area contributed by atoms with Crippen LogP contribution in [0.5, 0.6) is 0 Å². The van der Waals surface area contributed by atoms with Crippen LogP contribution in [0.25, 0.3) is 0 Å². The lowest BCUT2D eigenvalue weighted by Gasteiger charge is -2.19. The van der Waals surface area contributed by atoms with E-state index in [0.717, 1.165) is 37.3 Å². The van der Waals surface area contributed by atoms with Crippen molar-refractivity contribution >= 4 is 6.03 Å². The molecule has 0 saturated carbocycles. The molecule has 1 aromatic carbocycles. The Hall–Kier alpha value is -2.34. The van der Waals surface area contributed by atoms with E-state index in [-0.39, 0.29) is 18.1 Å². The quantitative estimate of drug-likeness (QED) is 0.878. The van der Waals surface area contributed by atoms with Crippen molar-refractivity contribution in [3.8, 4) is 0 Å². The molecule has 0 bridgehead atoms. The summed E-state index contributed by atoms with van der Waals surface area (Å²) in [6, 6.07) is 10.5. The van der Waals surface area contributed by atoms with Crippen molar-refractivity contribution in [1.29, 1.82) is 0 Å². The predicted octanol–water partition coefficient (Wildman–Crippen LogP) is 2.36. The van der Waals surface area contributed by atoms with E-state index in [2.05, 4.69) is 44.9 Å². The van der Waals surface area contributed by atoms with Gasteiger partial charge in [0.2, 0.25) is 0 Å². The lowest BCUT2D eigenvalue weighted by Crippen LogP contribution is -2.44. The highest BCUT2D eigenvalue weighted by molar-refractivity contribution is 5.74. The fourth-order valence-corrected chi connectivity index (χ4v) is 3.38. The van der Waals surface area contributed by atoms with E-state index in [1.807, 2.05) is 37.8 Å². The zero-order valence-corrected chi connectivity index (χ0v) is 15.2. The third kappa shape index (κ3) is 4.39. The van der Waals surface area contributed by atoms with Crippen molar-refractivity contribution in [1.82, 2.24) is 25.3 Å². The van der Waals surface area contributed by atoms with Crippen molar-refractivity contribution in [2.24, 2.45) is 7.05 Å². The van der Waals surface area contributed by atoms with E-state index in [1.165, 1.54) is 5.56 Å². The largest absolute Gasteiger partial charge is 0.334 e. The summed E-state index contributed by atoms with van der Waals surface area (Å²) in [7, 11) is 1.91. The van der Waals surface area contributed by atoms with Crippen LogP contribution in [0.15, 0.2) is 36.5 Å². The molecule has 1 aliphatic rings. The van der Waals surface area contributed by atoms with E-state index < -0.39 is 0 Å². The third-order valence-electron chi connectivity index (χ3n) is 4.94. The van der Waals surface area contributed by atoms with E-state index in [1.54, 1.807) is 0 Å². The molecule has 134 valence electrons. The number of aryl methyl sites for hydroxylation is 1. The number of carbonyl (C=O) groups excluding carboxylic acids is 1. The molecule has 2 aromatic rings. The summed E-state index contributed by atoms with van der Waals surface area (Å²) in [6.07, 6.45) is 2.80. The lowest BCUT2D eigenvalue weighted by atomic mass is 10.1. The number of rotatable bonds is 5. The molecule has 25 heavy (non-hydrogen) atoms. The third-order valence-corrected chi connectivity index (χ3v) is 4.94. The summed E-state index contributed by atoms with van der Waals surface area (Å²) in [5.74, 6) is 0. The van der Waals surface area contributed by atoms with Gasteiger partial charge in [0.15, 0.2) is 0 Å². The number of urea groups is 1. The maximum Gasteiger partial charge on any atom is 0.315 e. The van der Waals surface area contributed by atoms with Crippen LogP contribution in [0.2, 0.25) is 0 Å². The Morgan fingerprint density at radius 1 is 1.36 bits per heavy atom. The highest BCUT2D eigenvalue weighted by Gasteiger charge is 2.24. The minimum atomic E-state index is -0.109. The summed E-state index contributed by atoms with van der Waals surface area (Å²) >= 11 is 0. The minimum absolute atomic E-state index is 0.0597. The van der Waals surface area contributed by atoms with Crippen LogP contribution >= 0.6 is 0 Å². The summed E-state index contributed by atoms with van der Waals surface area (Å²) in [4.78, 5) is 14.7. The van der Waals surface area contributed by atoms with Gasteiger partial charge in [0.1, 0.15) is 0 Å². The monoisotopic (exact) mass is 341 g/mol. The van der Waals surface area contributed by atoms with Crippen LogP contribution in [-0.4, -0.2) is 39.8 Å². The Kier molecular flexibility index (Phi) is 5.38. The Morgan fingerprint density at radius 3 is 2.80 bits per heavy atom. The number of nitrogens with zero attached hydrogens (tertiary/aromatic N) is 3. The summed E-state index contributed by atoms with van der Waals surface area (Å²) in [5, 5.41) is 10.4. The number of carbonyl (C=O) groups is 1. The molecule has 1 aliphatic heterocycles. The first-order valence-electron chi connectivity index (χ1n) is 8.84. The summed E-state index contributed by atoms with van der Waals surface area (Å²) in [6.45, 7) is 6.84. The van der Waals surface area contributed by atoms with Gasteiger partial charge in [-0.3, -0.25) is 9.58 Å². The fourth-order valence-electron chi connectivity index (χ4n) is 3.38.